The molecular weight excluding hydrogens is 1200 g/mol. The number of halogens is 2. The van der Waals surface area contributed by atoms with Crippen LogP contribution in [-0.4, -0.2) is 191 Å². The molecule has 1 aliphatic carbocycles. The summed E-state index contributed by atoms with van der Waals surface area (Å²) in [4.78, 5) is 74.8. The highest BCUT2D eigenvalue weighted by Crippen LogP contribution is 2.66. The molecule has 12 N–H and O–H groups in total. The average molecular weight is 1270 g/mol. The van der Waals surface area contributed by atoms with Crippen LogP contribution in [-0.2, 0) is 46.5 Å². The average Bonchev–Trinajstić information content (AvgIpc) is 1.04. The number of likely N-dealkylation sites (N-methyl/N-ethyl adjacent to an activating group) is 1. The van der Waals surface area contributed by atoms with Gasteiger partial charge in [-0.15, -0.1) is 0 Å². The van der Waals surface area contributed by atoms with E-state index in [1.165, 1.54) is 18.3 Å². The van der Waals surface area contributed by atoms with Crippen molar-refractivity contribution in [3.63, 3.8) is 0 Å². The first-order valence-corrected chi connectivity index (χ1v) is 31.7. The topological polar surface area (TPSA) is 411 Å². The molecule has 84 heavy (non-hydrogen) atoms. The first-order chi connectivity index (χ1) is 39.1. The molecule has 2 aliphatic heterocycles. The Morgan fingerprint density at radius 1 is 0.964 bits per heavy atom. The van der Waals surface area contributed by atoms with Crippen molar-refractivity contribution in [2.24, 2.45) is 0 Å². The van der Waals surface area contributed by atoms with Crippen molar-refractivity contribution >= 4 is 56.7 Å². The number of hydrogen-bond donors (Lipinski definition) is 11. The molecule has 2 amide bonds. The minimum Gasteiger partial charge on any atom is -0.505 e. The molecule has 0 radical (unpaired) electrons. The van der Waals surface area contributed by atoms with Gasteiger partial charge in [0.05, 0.1) is 58.5 Å². The lowest BCUT2D eigenvalue weighted by Gasteiger charge is -2.30. The zero-order valence-corrected chi connectivity index (χ0v) is 49.6. The molecule has 7 atom stereocenters. The number of hydrogen-bond acceptors (Lipinski definition) is 20. The van der Waals surface area contributed by atoms with Crippen molar-refractivity contribution in [2.45, 2.75) is 61.5 Å². The van der Waals surface area contributed by atoms with Gasteiger partial charge in [0.25, 0.3) is 16.0 Å². The molecule has 6 rings (SSSR count). The number of ether oxygens (including phenoxy) is 2. The predicted molar refractivity (Wildman–Crippen MR) is 296 cm³/mol. The van der Waals surface area contributed by atoms with Gasteiger partial charge in [-0.2, -0.15) is 22.0 Å². The lowest BCUT2D eigenvalue weighted by atomic mass is 9.86. The third-order valence-electron chi connectivity index (χ3n) is 12.9. The standard InChI is InChI=1S/C49H66F2N9O20P3S/c1-57(2)28-44(64)53-14-8-11-31-27-59(49(66)56-47(31)52)45-26-39(63)42(78-45)29-76-82(69,70)80-83(71,72)79-81(67,68)55-16-9-18-58(3)17-6-7-19-60(4,5)20-10-15-54-48(65)30-12-13-32(43(21-30)84(73,74)75)46-33-22-35(50)37(61)24-40(33)77-41-25-38(62)36(51)23-34(41)46/h12-13,21-25,27,37,39,42,45,61,63H,6-7,9-10,14-20,26,28-29H2,1-5H3,(H9-,52,53,54,55,56,62,64,65,66,67,68,69,70,71,72,73,74,75)/p+1/t37?,39-,42-,45-/m1/s1. The first kappa shape index (κ1) is 67.5. The number of fused-ring (bicyclic) bond motifs is 2. The molecule has 35 heteroatoms. The van der Waals surface area contributed by atoms with Crippen LogP contribution in [0.25, 0.3) is 5.57 Å². The Bertz CT molecular complexity index is 3470. The molecule has 3 aliphatic rings. The number of aromatic hydroxyl groups is 1. The normalized spacial score (nSPS) is 20.1. The number of allylic oxidation sites excluding steroid dienone is 1. The highest BCUT2D eigenvalue weighted by molar-refractivity contribution is 7.86. The van der Waals surface area contributed by atoms with Crippen LogP contribution in [0, 0.1) is 17.7 Å². The largest absolute Gasteiger partial charge is 0.505 e. The van der Waals surface area contributed by atoms with Crippen molar-refractivity contribution in [3.05, 3.63) is 104 Å². The van der Waals surface area contributed by atoms with Gasteiger partial charge in [0.1, 0.15) is 46.5 Å². The number of phosphoric ester groups is 1. The molecule has 3 heterocycles. The van der Waals surface area contributed by atoms with Crippen molar-refractivity contribution in [1.29, 1.82) is 0 Å². The number of rotatable bonds is 28. The Hall–Kier alpha value is -5.62. The van der Waals surface area contributed by atoms with Crippen LogP contribution in [0.4, 0.5) is 14.6 Å². The summed E-state index contributed by atoms with van der Waals surface area (Å²) in [6.45, 7) is 1.47. The van der Waals surface area contributed by atoms with E-state index in [1.54, 1.807) is 26.0 Å². The molecular formula is C49H67F2N9O20P3S+. The molecule has 1 saturated heterocycles. The third kappa shape index (κ3) is 19.2. The SMILES string of the molecule is CN(C)CC(=O)NCC#Cc1cn([C@H]2C[C@@H](O)[C@@H](COP(=O)(O)OP(=O)(O)OP(=O)(O)NCCCN(C)CCCC[N+](C)(C)CCCNC(=O)c3ccc(C4=C5C=C(F)C(O)C=C5Oc5cc(O)c(F)cc54)c(S(=O)(=O)O)c3)O2)c(=O)nc1N. The van der Waals surface area contributed by atoms with E-state index in [-0.39, 0.29) is 95.7 Å². The van der Waals surface area contributed by atoms with Gasteiger partial charge in [-0.3, -0.25) is 23.2 Å². The second-order valence-corrected chi connectivity index (χ2v) is 26.7. The van der Waals surface area contributed by atoms with Gasteiger partial charge in [-0.1, -0.05) is 17.9 Å². The molecule has 0 spiro atoms. The number of nitrogens with two attached hydrogens (primary N) is 1. The van der Waals surface area contributed by atoms with Crippen LogP contribution in [0.3, 0.4) is 0 Å². The van der Waals surface area contributed by atoms with Crippen molar-refractivity contribution in [3.8, 4) is 23.3 Å². The maximum Gasteiger partial charge on any atom is 0.489 e. The van der Waals surface area contributed by atoms with Gasteiger partial charge in [-0.25, -0.2) is 32.4 Å². The highest BCUT2D eigenvalue weighted by atomic mass is 32.2. The van der Waals surface area contributed by atoms with E-state index in [2.05, 4.69) is 41.2 Å². The molecule has 0 bridgehead atoms. The number of amides is 2. The first-order valence-electron chi connectivity index (χ1n) is 25.7. The number of aliphatic hydroxyl groups excluding tert-OH is 2. The quantitative estimate of drug-likeness (QED) is 0.0162. The van der Waals surface area contributed by atoms with Gasteiger partial charge >= 0.3 is 29.1 Å². The number of unbranched alkanes of at least 4 members (excludes halogenated alkanes) is 1. The van der Waals surface area contributed by atoms with E-state index in [9.17, 15) is 79.8 Å². The summed E-state index contributed by atoms with van der Waals surface area (Å²) in [5, 5.41) is 38.1. The minimum atomic E-state index is -5.78. The van der Waals surface area contributed by atoms with E-state index >= 15 is 0 Å². The summed E-state index contributed by atoms with van der Waals surface area (Å²) in [5.74, 6) is 0.891. The Kier molecular flexibility index (Phi) is 22.7. The molecule has 0 saturated carbocycles. The number of nitrogens with zero attached hydrogens (tertiary/aromatic N) is 5. The van der Waals surface area contributed by atoms with Crippen molar-refractivity contribution in [2.75, 3.05) is 99.9 Å². The molecule has 1 aromatic heterocycles. The Morgan fingerprint density at radius 3 is 2.37 bits per heavy atom. The lowest BCUT2D eigenvalue weighted by Crippen LogP contribution is -2.42. The zero-order chi connectivity index (χ0) is 62.1. The summed E-state index contributed by atoms with van der Waals surface area (Å²) in [6, 6.07) is 5.12. The molecule has 462 valence electrons. The monoisotopic (exact) mass is 1260 g/mol. The Morgan fingerprint density at radius 2 is 1.67 bits per heavy atom. The van der Waals surface area contributed by atoms with Gasteiger partial charge in [0, 0.05) is 66.0 Å². The van der Waals surface area contributed by atoms with E-state index in [1.807, 2.05) is 19.0 Å². The van der Waals surface area contributed by atoms with Crippen molar-refractivity contribution < 1.29 is 102 Å². The Balaban J connectivity index is 0.883. The molecule has 2 aromatic carbocycles. The summed E-state index contributed by atoms with van der Waals surface area (Å²) >= 11 is 0. The number of nitrogens with one attached hydrogen (secondary N) is 3. The van der Waals surface area contributed by atoms with Crippen molar-refractivity contribution in [1.82, 2.24) is 35.1 Å². The summed E-state index contributed by atoms with van der Waals surface area (Å²) in [7, 11) is -12.3. The number of phenolic OH excluding ortho intramolecular Hbond substituents is 1. The van der Waals surface area contributed by atoms with Gasteiger partial charge in [0.15, 0.2) is 11.6 Å². The Labute approximate surface area is 481 Å². The number of phosphoric acid groups is 2. The predicted octanol–water partition coefficient (Wildman–Crippen LogP) is 1.84. The molecule has 29 nitrogen and oxygen atoms in total. The number of aromatic nitrogens is 2. The smallest absolute Gasteiger partial charge is 0.489 e. The fraction of sp³-hybridized carbons (Fsp3) is 0.469. The van der Waals surface area contributed by atoms with Crippen LogP contribution in [0.2, 0.25) is 0 Å². The van der Waals surface area contributed by atoms with E-state index < -0.39 is 98.5 Å². The molecule has 3 aromatic rings. The number of phenols is 1. The van der Waals surface area contributed by atoms with Crippen LogP contribution >= 0.6 is 23.4 Å². The second kappa shape index (κ2) is 28.3. The number of quaternary nitrogens is 1. The lowest BCUT2D eigenvalue weighted by molar-refractivity contribution is -0.890. The fourth-order valence-electron chi connectivity index (χ4n) is 8.83. The number of carbonyl (C=O) groups excluding carboxylic acids is 2. The van der Waals surface area contributed by atoms with Crippen LogP contribution in [0.15, 0.2) is 75.5 Å². The van der Waals surface area contributed by atoms with E-state index in [4.69, 9.17) is 19.7 Å². The van der Waals surface area contributed by atoms with Gasteiger partial charge < -0.3 is 70.1 Å². The van der Waals surface area contributed by atoms with Gasteiger partial charge in [0.2, 0.25) is 5.91 Å². The van der Waals surface area contributed by atoms with Crippen LogP contribution in [0.1, 0.15) is 65.4 Å². The second-order valence-electron chi connectivity index (χ2n) is 20.5. The summed E-state index contributed by atoms with van der Waals surface area (Å²) < 4.78 is 129. The van der Waals surface area contributed by atoms with E-state index in [0.717, 1.165) is 54.3 Å². The molecule has 1 fully saturated rings. The maximum atomic E-state index is 14.7. The number of benzene rings is 2. The number of aliphatic hydroxyl groups is 2. The fourth-order valence-corrected chi connectivity index (χ4v) is 13.3. The minimum absolute atomic E-state index is 0.0496. The maximum absolute atomic E-state index is 14.7. The number of nitrogen functional groups attached to an aromatic ring is 1. The van der Waals surface area contributed by atoms with Crippen LogP contribution in [0.5, 0.6) is 11.5 Å². The summed E-state index contributed by atoms with van der Waals surface area (Å²) in [5.41, 5.74) is 4.27. The molecule has 4 unspecified atom stereocenters. The summed E-state index contributed by atoms with van der Waals surface area (Å²) in [6.07, 6.45) is -0.704. The zero-order valence-electron chi connectivity index (χ0n) is 46.1. The highest BCUT2D eigenvalue weighted by Gasteiger charge is 2.44. The number of anilines is 1. The van der Waals surface area contributed by atoms with Crippen LogP contribution < -0.4 is 31.9 Å². The number of carbonyl (C=O) groups is 2. The van der Waals surface area contributed by atoms with E-state index in [0.29, 0.717) is 30.5 Å². The van der Waals surface area contributed by atoms with Gasteiger partial charge in [-0.05, 0) is 83.8 Å². The third-order valence-corrected chi connectivity index (χ3v) is 18.3.